The second-order valence-corrected chi connectivity index (χ2v) is 6.79. The van der Waals surface area contributed by atoms with Crippen molar-refractivity contribution >= 4 is 22.9 Å². The fraction of sp³-hybridized carbons (Fsp3) is 0.350. The van der Waals surface area contributed by atoms with Gasteiger partial charge >= 0.3 is 6.03 Å². The maximum atomic E-state index is 12.6. The molecule has 2 aromatic heterocycles. The predicted molar refractivity (Wildman–Crippen MR) is 102 cm³/mol. The third-order valence-electron chi connectivity index (χ3n) is 4.99. The largest absolute Gasteiger partial charge is 0.324 e. The molecule has 0 aliphatic carbocycles. The molecule has 6 nitrogen and oxygen atoms in total. The van der Waals surface area contributed by atoms with Crippen LogP contribution in [-0.2, 0) is 6.54 Å². The molecular weight excluding hydrogens is 326 g/mol. The van der Waals surface area contributed by atoms with Crippen LogP contribution in [-0.4, -0.2) is 38.6 Å². The normalized spacial score (nSPS) is 17.0. The summed E-state index contributed by atoms with van der Waals surface area (Å²) in [6.07, 6.45) is 2.72. The SMILES string of the molecule is CCn1c([C@@H]2CCN(C(=O)Nc3ccc(C)cc3)C2)nc2cccnc21. The van der Waals surface area contributed by atoms with Gasteiger partial charge in [0.2, 0.25) is 0 Å². The number of hydrogen-bond donors (Lipinski definition) is 1. The zero-order chi connectivity index (χ0) is 18.1. The van der Waals surface area contributed by atoms with Gasteiger partial charge in [0.1, 0.15) is 11.3 Å². The van der Waals surface area contributed by atoms with Gasteiger partial charge in [0.25, 0.3) is 0 Å². The molecule has 26 heavy (non-hydrogen) atoms. The summed E-state index contributed by atoms with van der Waals surface area (Å²) in [7, 11) is 0. The summed E-state index contributed by atoms with van der Waals surface area (Å²) in [4.78, 5) is 23.7. The number of anilines is 1. The van der Waals surface area contributed by atoms with Crippen molar-refractivity contribution in [1.82, 2.24) is 19.4 Å². The van der Waals surface area contributed by atoms with Gasteiger partial charge in [-0.25, -0.2) is 14.8 Å². The molecule has 1 saturated heterocycles. The number of aromatic nitrogens is 3. The van der Waals surface area contributed by atoms with E-state index in [0.717, 1.165) is 42.2 Å². The van der Waals surface area contributed by atoms with E-state index in [1.807, 2.05) is 48.2 Å². The van der Waals surface area contributed by atoms with Crippen molar-refractivity contribution < 1.29 is 4.79 Å². The van der Waals surface area contributed by atoms with Crippen LogP contribution in [0.2, 0.25) is 0 Å². The zero-order valence-electron chi connectivity index (χ0n) is 15.1. The quantitative estimate of drug-likeness (QED) is 0.783. The average molecular weight is 349 g/mol. The molecule has 1 fully saturated rings. The summed E-state index contributed by atoms with van der Waals surface area (Å²) in [5.41, 5.74) is 3.85. The molecule has 1 aliphatic heterocycles. The minimum absolute atomic E-state index is 0.0476. The van der Waals surface area contributed by atoms with Gasteiger partial charge in [0.05, 0.1) is 0 Å². The number of urea groups is 1. The summed E-state index contributed by atoms with van der Waals surface area (Å²) in [6, 6.07) is 11.7. The summed E-state index contributed by atoms with van der Waals surface area (Å²) >= 11 is 0. The highest BCUT2D eigenvalue weighted by atomic mass is 16.2. The molecule has 1 aromatic carbocycles. The molecule has 134 valence electrons. The smallest absolute Gasteiger partial charge is 0.321 e. The van der Waals surface area contributed by atoms with E-state index in [1.165, 1.54) is 5.56 Å². The van der Waals surface area contributed by atoms with E-state index in [-0.39, 0.29) is 11.9 Å². The first-order valence-electron chi connectivity index (χ1n) is 9.09. The van der Waals surface area contributed by atoms with Gasteiger partial charge in [-0.2, -0.15) is 0 Å². The lowest BCUT2D eigenvalue weighted by Gasteiger charge is -2.18. The van der Waals surface area contributed by atoms with Crippen molar-refractivity contribution in [2.75, 3.05) is 18.4 Å². The number of fused-ring (bicyclic) bond motifs is 1. The van der Waals surface area contributed by atoms with E-state index in [1.54, 1.807) is 6.20 Å². The first kappa shape index (κ1) is 16.6. The molecule has 6 heteroatoms. The minimum atomic E-state index is -0.0476. The van der Waals surface area contributed by atoms with E-state index in [4.69, 9.17) is 4.98 Å². The molecule has 3 aromatic rings. The van der Waals surface area contributed by atoms with Crippen molar-refractivity contribution in [3.63, 3.8) is 0 Å². The number of carbonyl (C=O) groups is 1. The van der Waals surface area contributed by atoms with Crippen molar-refractivity contribution in [2.24, 2.45) is 0 Å². The highest BCUT2D eigenvalue weighted by molar-refractivity contribution is 5.89. The van der Waals surface area contributed by atoms with E-state index < -0.39 is 0 Å². The van der Waals surface area contributed by atoms with Crippen LogP contribution in [0.25, 0.3) is 11.2 Å². The fourth-order valence-corrected chi connectivity index (χ4v) is 3.59. The predicted octanol–water partition coefficient (Wildman–Crippen LogP) is 3.78. The molecule has 4 rings (SSSR count). The summed E-state index contributed by atoms with van der Waals surface area (Å²) in [5.74, 6) is 1.28. The Labute approximate surface area is 152 Å². The van der Waals surface area contributed by atoms with E-state index in [2.05, 4.69) is 21.8 Å². The molecule has 3 heterocycles. The lowest BCUT2D eigenvalue weighted by atomic mass is 10.1. The minimum Gasteiger partial charge on any atom is -0.324 e. The third-order valence-corrected chi connectivity index (χ3v) is 4.99. The van der Waals surface area contributed by atoms with Crippen LogP contribution in [0.5, 0.6) is 0 Å². The Bertz CT molecular complexity index is 931. The number of likely N-dealkylation sites (tertiary alicyclic amines) is 1. The molecule has 1 aliphatic rings. The second-order valence-electron chi connectivity index (χ2n) is 6.79. The molecule has 1 N–H and O–H groups in total. The number of imidazole rings is 1. The van der Waals surface area contributed by atoms with Gasteiger partial charge < -0.3 is 14.8 Å². The Morgan fingerprint density at radius 2 is 2.08 bits per heavy atom. The molecule has 2 amide bonds. The van der Waals surface area contributed by atoms with Crippen LogP contribution >= 0.6 is 0 Å². The highest BCUT2D eigenvalue weighted by Crippen LogP contribution is 2.29. The van der Waals surface area contributed by atoms with E-state index in [0.29, 0.717) is 6.54 Å². The van der Waals surface area contributed by atoms with Crippen LogP contribution in [0.1, 0.15) is 30.7 Å². The number of carbonyl (C=O) groups excluding carboxylic acids is 1. The van der Waals surface area contributed by atoms with Crippen molar-refractivity contribution in [3.05, 3.63) is 54.0 Å². The number of hydrogen-bond acceptors (Lipinski definition) is 3. The zero-order valence-corrected chi connectivity index (χ0v) is 15.1. The molecule has 0 spiro atoms. The first-order chi connectivity index (χ1) is 12.7. The van der Waals surface area contributed by atoms with Crippen LogP contribution in [0.15, 0.2) is 42.6 Å². The monoisotopic (exact) mass is 349 g/mol. The first-order valence-corrected chi connectivity index (χ1v) is 9.09. The van der Waals surface area contributed by atoms with Gasteiger partial charge in [-0.15, -0.1) is 0 Å². The molecule has 0 bridgehead atoms. The molecule has 0 unspecified atom stereocenters. The van der Waals surface area contributed by atoms with Crippen molar-refractivity contribution in [2.45, 2.75) is 32.7 Å². The maximum absolute atomic E-state index is 12.6. The summed E-state index contributed by atoms with van der Waals surface area (Å²) in [5, 5.41) is 2.99. The lowest BCUT2D eigenvalue weighted by Crippen LogP contribution is -2.33. The highest BCUT2D eigenvalue weighted by Gasteiger charge is 2.31. The maximum Gasteiger partial charge on any atom is 0.321 e. The molecule has 0 saturated carbocycles. The third kappa shape index (κ3) is 3.03. The van der Waals surface area contributed by atoms with Crippen LogP contribution < -0.4 is 5.32 Å². The van der Waals surface area contributed by atoms with Crippen LogP contribution in [0.3, 0.4) is 0 Å². The van der Waals surface area contributed by atoms with Gasteiger partial charge in [-0.3, -0.25) is 0 Å². The van der Waals surface area contributed by atoms with Gasteiger partial charge in [-0.1, -0.05) is 17.7 Å². The Morgan fingerprint density at radius 1 is 1.27 bits per heavy atom. The summed E-state index contributed by atoms with van der Waals surface area (Å²) in [6.45, 7) is 6.39. The van der Waals surface area contributed by atoms with Crippen LogP contribution in [0.4, 0.5) is 10.5 Å². The Morgan fingerprint density at radius 3 is 2.85 bits per heavy atom. The van der Waals surface area contributed by atoms with Gasteiger partial charge in [0, 0.05) is 37.4 Å². The number of rotatable bonds is 3. The lowest BCUT2D eigenvalue weighted by molar-refractivity contribution is 0.222. The van der Waals surface area contributed by atoms with Gasteiger partial charge in [0.15, 0.2) is 5.65 Å². The average Bonchev–Trinajstić information content (AvgIpc) is 3.27. The fourth-order valence-electron chi connectivity index (χ4n) is 3.59. The Kier molecular flexibility index (Phi) is 4.32. The topological polar surface area (TPSA) is 63.1 Å². The van der Waals surface area contributed by atoms with Crippen molar-refractivity contribution in [1.29, 1.82) is 0 Å². The van der Waals surface area contributed by atoms with E-state index >= 15 is 0 Å². The molecular formula is C20H23N5O. The number of benzene rings is 1. The van der Waals surface area contributed by atoms with Crippen molar-refractivity contribution in [3.8, 4) is 0 Å². The Balaban J connectivity index is 1.50. The number of nitrogens with zero attached hydrogens (tertiary/aromatic N) is 4. The molecule has 0 radical (unpaired) electrons. The van der Waals surface area contributed by atoms with Gasteiger partial charge in [-0.05, 0) is 44.5 Å². The Hall–Kier alpha value is -2.89. The number of aryl methyl sites for hydroxylation is 2. The standard InChI is InChI=1S/C20H23N5O/c1-3-25-18(23-17-5-4-11-21-19(17)25)15-10-12-24(13-15)20(26)22-16-8-6-14(2)7-9-16/h4-9,11,15H,3,10,12-13H2,1-2H3,(H,22,26)/t15-/m1/s1. The number of nitrogens with one attached hydrogen (secondary N) is 1. The van der Waals surface area contributed by atoms with Crippen LogP contribution in [0, 0.1) is 6.92 Å². The second kappa shape index (κ2) is 6.78. The van der Waals surface area contributed by atoms with E-state index in [9.17, 15) is 4.79 Å². The summed E-state index contributed by atoms with van der Waals surface area (Å²) < 4.78 is 2.17. The molecule has 1 atom stereocenters. The number of pyridine rings is 1. The number of amides is 2.